The first-order chi connectivity index (χ1) is 14.1. The summed E-state index contributed by atoms with van der Waals surface area (Å²) in [6.45, 7) is 1.74. The van der Waals surface area contributed by atoms with E-state index >= 15 is 0 Å². The molecule has 0 radical (unpaired) electrons. The monoisotopic (exact) mass is 484 g/mol. The molecule has 0 spiro atoms. The number of nitrogens with zero attached hydrogens (tertiary/aromatic N) is 3. The number of carbonyl (C=O) groups is 2. The molecule has 0 aliphatic carbocycles. The Labute approximate surface area is 193 Å². The highest BCUT2D eigenvalue weighted by Crippen LogP contribution is 2.33. The second-order valence-corrected chi connectivity index (χ2v) is 8.22. The Morgan fingerprint density at radius 1 is 1.07 bits per heavy atom. The molecule has 0 bridgehead atoms. The molecule has 2 amide bonds. The SMILES string of the molecule is Cc1cc(Cl)cc(C(=O)N(C)C)c1NC(=O)c1cc(Cl)c(Cl)n1-c1ncccc1Cl. The van der Waals surface area contributed by atoms with Gasteiger partial charge in [0.1, 0.15) is 10.8 Å². The first kappa shape index (κ1) is 22.4. The van der Waals surface area contributed by atoms with Crippen molar-refractivity contribution in [2.24, 2.45) is 0 Å². The van der Waals surface area contributed by atoms with Crippen LogP contribution in [0.4, 0.5) is 5.69 Å². The minimum Gasteiger partial charge on any atom is -0.345 e. The number of aromatic nitrogens is 2. The summed E-state index contributed by atoms with van der Waals surface area (Å²) in [7, 11) is 3.22. The van der Waals surface area contributed by atoms with Gasteiger partial charge in [-0.1, -0.05) is 46.4 Å². The van der Waals surface area contributed by atoms with Gasteiger partial charge in [-0.25, -0.2) is 4.98 Å². The molecule has 156 valence electrons. The summed E-state index contributed by atoms with van der Waals surface area (Å²) >= 11 is 24.9. The minimum absolute atomic E-state index is 0.0832. The van der Waals surface area contributed by atoms with Crippen LogP contribution in [-0.4, -0.2) is 40.4 Å². The average molecular weight is 486 g/mol. The van der Waals surface area contributed by atoms with Crippen LogP contribution in [-0.2, 0) is 0 Å². The number of aryl methyl sites for hydroxylation is 1. The number of pyridine rings is 1. The number of benzene rings is 1. The van der Waals surface area contributed by atoms with Crippen LogP contribution in [0.25, 0.3) is 5.82 Å². The molecule has 3 aromatic rings. The Bertz CT molecular complexity index is 1160. The van der Waals surface area contributed by atoms with Crippen molar-refractivity contribution in [1.29, 1.82) is 0 Å². The molecule has 0 atom stereocenters. The second kappa shape index (κ2) is 8.86. The van der Waals surface area contributed by atoms with Gasteiger partial charge in [0, 0.05) is 25.3 Å². The van der Waals surface area contributed by atoms with Crippen molar-refractivity contribution in [2.45, 2.75) is 6.92 Å². The normalized spacial score (nSPS) is 10.8. The highest BCUT2D eigenvalue weighted by atomic mass is 35.5. The van der Waals surface area contributed by atoms with Crippen molar-refractivity contribution in [3.63, 3.8) is 0 Å². The first-order valence-corrected chi connectivity index (χ1v) is 10.1. The van der Waals surface area contributed by atoms with E-state index in [9.17, 15) is 9.59 Å². The van der Waals surface area contributed by atoms with E-state index in [1.165, 1.54) is 27.8 Å². The smallest absolute Gasteiger partial charge is 0.272 e. The van der Waals surface area contributed by atoms with E-state index in [4.69, 9.17) is 46.4 Å². The van der Waals surface area contributed by atoms with E-state index in [0.717, 1.165) is 0 Å². The summed E-state index contributed by atoms with van der Waals surface area (Å²) in [6, 6.07) is 7.83. The van der Waals surface area contributed by atoms with Crippen LogP contribution in [0.3, 0.4) is 0 Å². The minimum atomic E-state index is -0.552. The Morgan fingerprint density at radius 3 is 2.40 bits per heavy atom. The summed E-state index contributed by atoms with van der Waals surface area (Å²) < 4.78 is 1.35. The Balaban J connectivity index is 2.10. The summed E-state index contributed by atoms with van der Waals surface area (Å²) in [4.78, 5) is 31.4. The average Bonchev–Trinajstić information content (AvgIpc) is 2.98. The fraction of sp³-hybridized carbons (Fsp3) is 0.150. The van der Waals surface area contributed by atoms with Crippen molar-refractivity contribution < 1.29 is 9.59 Å². The maximum absolute atomic E-state index is 13.2. The lowest BCUT2D eigenvalue weighted by Gasteiger charge is -2.18. The van der Waals surface area contributed by atoms with Crippen LogP contribution >= 0.6 is 46.4 Å². The van der Waals surface area contributed by atoms with Gasteiger partial charge in [-0.3, -0.25) is 14.2 Å². The van der Waals surface area contributed by atoms with Gasteiger partial charge in [0.25, 0.3) is 11.8 Å². The zero-order chi connectivity index (χ0) is 22.2. The fourth-order valence-electron chi connectivity index (χ4n) is 2.87. The van der Waals surface area contributed by atoms with Gasteiger partial charge in [-0.15, -0.1) is 0 Å². The molecule has 0 unspecified atom stereocenters. The third kappa shape index (κ3) is 4.27. The molecule has 3 rings (SSSR count). The maximum atomic E-state index is 13.2. The van der Waals surface area contributed by atoms with Gasteiger partial charge in [-0.2, -0.15) is 0 Å². The molecule has 10 heteroatoms. The number of halogens is 4. The maximum Gasteiger partial charge on any atom is 0.272 e. The van der Waals surface area contributed by atoms with Crippen LogP contribution in [0.5, 0.6) is 0 Å². The van der Waals surface area contributed by atoms with E-state index in [1.807, 2.05) is 0 Å². The quantitative estimate of drug-likeness (QED) is 0.511. The largest absolute Gasteiger partial charge is 0.345 e. The van der Waals surface area contributed by atoms with E-state index < -0.39 is 5.91 Å². The van der Waals surface area contributed by atoms with Gasteiger partial charge in [0.2, 0.25) is 0 Å². The molecule has 0 saturated carbocycles. The molecule has 0 saturated heterocycles. The number of amides is 2. The number of nitrogens with one attached hydrogen (secondary N) is 1. The Morgan fingerprint density at radius 2 is 1.77 bits per heavy atom. The fourth-order valence-corrected chi connectivity index (χ4v) is 3.76. The molecule has 0 fully saturated rings. The molecular formula is C20H16Cl4N4O2. The van der Waals surface area contributed by atoms with Crippen molar-refractivity contribution in [3.8, 4) is 5.82 Å². The van der Waals surface area contributed by atoms with Crippen LogP contribution in [0.15, 0.2) is 36.5 Å². The Hall–Kier alpha value is -2.25. The van der Waals surface area contributed by atoms with Gasteiger partial charge in [0.05, 0.1) is 21.3 Å². The lowest BCUT2D eigenvalue weighted by molar-refractivity contribution is 0.0828. The Kier molecular flexibility index (Phi) is 6.62. The van der Waals surface area contributed by atoms with Crippen molar-refractivity contribution in [2.75, 3.05) is 19.4 Å². The summed E-state index contributed by atoms with van der Waals surface area (Å²) in [5, 5.41) is 3.68. The van der Waals surface area contributed by atoms with E-state index in [0.29, 0.717) is 16.3 Å². The zero-order valence-corrected chi connectivity index (χ0v) is 19.2. The topological polar surface area (TPSA) is 67.2 Å². The van der Waals surface area contributed by atoms with Gasteiger partial charge >= 0.3 is 0 Å². The molecule has 0 aliphatic heterocycles. The third-order valence-electron chi connectivity index (χ3n) is 4.26. The van der Waals surface area contributed by atoms with Gasteiger partial charge in [-0.05, 0) is 42.8 Å². The highest BCUT2D eigenvalue weighted by Gasteiger charge is 2.24. The van der Waals surface area contributed by atoms with Crippen molar-refractivity contribution in [1.82, 2.24) is 14.5 Å². The number of hydrogen-bond acceptors (Lipinski definition) is 3. The van der Waals surface area contributed by atoms with Crippen LogP contribution in [0, 0.1) is 6.92 Å². The lowest BCUT2D eigenvalue weighted by atomic mass is 10.1. The predicted octanol–water partition coefficient (Wildman–Crippen LogP) is 5.75. The van der Waals surface area contributed by atoms with Crippen molar-refractivity contribution in [3.05, 3.63) is 73.6 Å². The lowest BCUT2D eigenvalue weighted by Crippen LogP contribution is -2.25. The number of rotatable bonds is 4. The van der Waals surface area contributed by atoms with Crippen LogP contribution in [0.1, 0.15) is 26.4 Å². The molecule has 1 N–H and O–H groups in total. The summed E-state index contributed by atoms with van der Waals surface area (Å²) in [6.07, 6.45) is 1.52. The summed E-state index contributed by atoms with van der Waals surface area (Å²) in [5.41, 5.74) is 1.30. The molecule has 1 aromatic carbocycles. The molecule has 0 aliphatic rings. The molecule has 30 heavy (non-hydrogen) atoms. The number of anilines is 1. The van der Waals surface area contributed by atoms with Gasteiger partial charge in [0.15, 0.2) is 5.82 Å². The first-order valence-electron chi connectivity index (χ1n) is 8.62. The number of hydrogen-bond donors (Lipinski definition) is 1. The molecule has 2 heterocycles. The van der Waals surface area contributed by atoms with Gasteiger partial charge < -0.3 is 10.2 Å². The van der Waals surface area contributed by atoms with Crippen LogP contribution in [0.2, 0.25) is 20.2 Å². The molecular weight excluding hydrogens is 470 g/mol. The standard InChI is InChI=1S/C20H16Cl4N4O2/c1-10-7-11(21)8-12(20(30)27(2)3)16(10)26-19(29)15-9-14(23)17(24)28(15)18-13(22)5-4-6-25-18/h4-9H,1-3H3,(H,26,29). The second-order valence-electron chi connectivity index (χ2n) is 6.61. The highest BCUT2D eigenvalue weighted by molar-refractivity contribution is 6.42. The zero-order valence-electron chi connectivity index (χ0n) is 16.1. The van der Waals surface area contributed by atoms with E-state index in [-0.39, 0.29) is 38.2 Å². The van der Waals surface area contributed by atoms with Crippen molar-refractivity contribution >= 4 is 63.9 Å². The molecule has 2 aromatic heterocycles. The van der Waals surface area contributed by atoms with E-state index in [2.05, 4.69) is 10.3 Å². The molecule has 6 nitrogen and oxygen atoms in total. The predicted molar refractivity (Wildman–Crippen MR) is 121 cm³/mol. The summed E-state index contributed by atoms with van der Waals surface area (Å²) in [5.74, 6) is -0.613. The number of carbonyl (C=O) groups excluding carboxylic acids is 2. The van der Waals surface area contributed by atoms with Crippen LogP contribution < -0.4 is 5.32 Å². The van der Waals surface area contributed by atoms with E-state index in [1.54, 1.807) is 39.2 Å². The third-order valence-corrected chi connectivity index (χ3v) is 5.53.